The van der Waals surface area contributed by atoms with Crippen LogP contribution in [0.15, 0.2) is 0 Å². The Morgan fingerprint density at radius 3 is 2.14 bits per heavy atom. The molecule has 0 rings (SSSR count). The molecule has 0 fully saturated rings. The molecule has 79 valence electrons. The first-order valence-electron chi connectivity index (χ1n) is 3.24. The molecular formula is C7H6O6Rh. The number of rotatable bonds is 6. The van der Waals surface area contributed by atoms with Crippen LogP contribution in [0, 0.1) is 0 Å². The van der Waals surface area contributed by atoms with E-state index in [0.29, 0.717) is 6.29 Å². The van der Waals surface area contributed by atoms with Gasteiger partial charge in [-0.2, -0.15) is 0 Å². The van der Waals surface area contributed by atoms with Crippen molar-refractivity contribution in [2.24, 2.45) is 0 Å². The number of aldehydes is 1. The predicted octanol–water partition coefficient (Wildman–Crippen LogP) is -1.20. The zero-order valence-electron chi connectivity index (χ0n) is 6.85. The fraction of sp³-hybridized carbons (Fsp3) is 0.286. The molecule has 0 unspecified atom stereocenters. The Morgan fingerprint density at radius 1 is 1.14 bits per heavy atom. The first-order chi connectivity index (χ1) is 6.11. The predicted molar refractivity (Wildman–Crippen MR) is 37.5 cm³/mol. The van der Waals surface area contributed by atoms with Gasteiger partial charge in [-0.3, -0.25) is 14.4 Å². The molecule has 0 aliphatic heterocycles. The van der Waals surface area contributed by atoms with Gasteiger partial charge in [-0.25, -0.2) is 4.79 Å². The quantitative estimate of drug-likeness (QED) is 0.200. The molecule has 0 amide bonds. The first kappa shape index (κ1) is 15.3. The van der Waals surface area contributed by atoms with Crippen molar-refractivity contribution in [1.29, 1.82) is 0 Å². The van der Waals surface area contributed by atoms with E-state index in [0.717, 1.165) is 0 Å². The van der Waals surface area contributed by atoms with Gasteiger partial charge in [0, 0.05) is 19.5 Å². The smallest absolute Gasteiger partial charge is 0.382 e. The Hall–Kier alpha value is -1.23. The standard InChI is InChI=1S/C7H6O6.Rh/c8-2-1-5(10)3-6(11)7(12)13-4-9;/h2,4H,1,3H2;. The van der Waals surface area contributed by atoms with Crippen LogP contribution in [0.4, 0.5) is 0 Å². The molecule has 0 atom stereocenters. The van der Waals surface area contributed by atoms with Crippen LogP contribution in [0.25, 0.3) is 0 Å². The zero-order chi connectivity index (χ0) is 10.3. The van der Waals surface area contributed by atoms with Crippen molar-refractivity contribution in [1.82, 2.24) is 0 Å². The molecule has 0 aliphatic carbocycles. The van der Waals surface area contributed by atoms with Crippen LogP contribution in [0.2, 0.25) is 0 Å². The maximum Gasteiger partial charge on any atom is 0.382 e. The van der Waals surface area contributed by atoms with Crippen LogP contribution < -0.4 is 0 Å². The van der Waals surface area contributed by atoms with Gasteiger partial charge in [0.1, 0.15) is 12.1 Å². The summed E-state index contributed by atoms with van der Waals surface area (Å²) < 4.78 is 3.67. The molecule has 0 bridgehead atoms. The summed E-state index contributed by atoms with van der Waals surface area (Å²) in [6, 6.07) is 0. The van der Waals surface area contributed by atoms with E-state index in [1.54, 1.807) is 0 Å². The van der Waals surface area contributed by atoms with Crippen LogP contribution in [0.3, 0.4) is 0 Å². The van der Waals surface area contributed by atoms with Crippen molar-refractivity contribution in [3.05, 3.63) is 0 Å². The summed E-state index contributed by atoms with van der Waals surface area (Å²) in [6.07, 6.45) is -0.827. The third-order valence-electron chi connectivity index (χ3n) is 1.05. The molecule has 1 radical (unpaired) electrons. The maximum atomic E-state index is 10.6. The van der Waals surface area contributed by atoms with E-state index < -0.39 is 30.4 Å². The molecular weight excluding hydrogens is 283 g/mol. The van der Waals surface area contributed by atoms with Crippen LogP contribution in [-0.4, -0.2) is 30.3 Å². The number of esters is 1. The van der Waals surface area contributed by atoms with E-state index in [1.165, 1.54) is 0 Å². The van der Waals surface area contributed by atoms with Gasteiger partial charge < -0.3 is 9.53 Å². The molecule has 7 heteroatoms. The summed E-state index contributed by atoms with van der Waals surface area (Å²) in [4.78, 5) is 51.1. The van der Waals surface area contributed by atoms with Crippen LogP contribution >= 0.6 is 0 Å². The molecule has 0 N–H and O–H groups in total. The molecule has 0 aromatic carbocycles. The van der Waals surface area contributed by atoms with E-state index in [-0.39, 0.29) is 26.0 Å². The van der Waals surface area contributed by atoms with Gasteiger partial charge in [0.15, 0.2) is 0 Å². The SMILES string of the molecule is O=CCC(=O)CC(=O)C(=O)OC=O.[Rh]. The Morgan fingerprint density at radius 2 is 1.71 bits per heavy atom. The second kappa shape index (κ2) is 8.38. The number of ketones is 2. The van der Waals surface area contributed by atoms with Crippen LogP contribution in [0.1, 0.15) is 12.8 Å². The average molecular weight is 289 g/mol. The van der Waals surface area contributed by atoms with Crippen molar-refractivity contribution in [2.45, 2.75) is 12.8 Å². The summed E-state index contributed by atoms with van der Waals surface area (Å²) in [6.45, 7) is -0.204. The van der Waals surface area contributed by atoms with Gasteiger partial charge in [0.05, 0.1) is 12.8 Å². The number of hydrogen-bond donors (Lipinski definition) is 0. The molecule has 0 aromatic heterocycles. The number of hydrogen-bond acceptors (Lipinski definition) is 6. The topological polar surface area (TPSA) is 94.6 Å². The molecule has 6 nitrogen and oxygen atoms in total. The van der Waals surface area contributed by atoms with Crippen molar-refractivity contribution in [3.8, 4) is 0 Å². The second-order valence-electron chi connectivity index (χ2n) is 2.01. The minimum Gasteiger partial charge on any atom is -0.390 e. The first-order valence-corrected chi connectivity index (χ1v) is 3.24. The van der Waals surface area contributed by atoms with Crippen molar-refractivity contribution in [2.75, 3.05) is 0 Å². The van der Waals surface area contributed by atoms with Crippen molar-refractivity contribution < 1.29 is 48.2 Å². The molecule has 0 aromatic rings. The Balaban J connectivity index is 0. The van der Waals surface area contributed by atoms with E-state index in [9.17, 15) is 24.0 Å². The summed E-state index contributed by atoms with van der Waals surface area (Å²) in [7, 11) is 0. The number of carbonyl (C=O) groups is 5. The third-order valence-corrected chi connectivity index (χ3v) is 1.05. The maximum absolute atomic E-state index is 10.6. The van der Waals surface area contributed by atoms with E-state index in [1.807, 2.05) is 0 Å². The second-order valence-corrected chi connectivity index (χ2v) is 2.01. The van der Waals surface area contributed by atoms with Gasteiger partial charge in [-0.1, -0.05) is 0 Å². The van der Waals surface area contributed by atoms with E-state index in [4.69, 9.17) is 0 Å². The van der Waals surface area contributed by atoms with Crippen LogP contribution in [0.5, 0.6) is 0 Å². The minimum absolute atomic E-state index is 0. The molecule has 0 aliphatic rings. The molecule has 0 saturated heterocycles. The normalized spacial score (nSPS) is 8.00. The van der Waals surface area contributed by atoms with Crippen molar-refractivity contribution in [3.63, 3.8) is 0 Å². The average Bonchev–Trinajstić information content (AvgIpc) is 2.05. The molecule has 0 saturated carbocycles. The number of carbonyl (C=O) groups excluding carboxylic acids is 5. The largest absolute Gasteiger partial charge is 0.390 e. The van der Waals surface area contributed by atoms with Gasteiger partial charge >= 0.3 is 12.4 Å². The minimum atomic E-state index is -1.39. The fourth-order valence-electron chi connectivity index (χ4n) is 0.526. The van der Waals surface area contributed by atoms with E-state index in [2.05, 4.69) is 4.74 Å². The zero-order valence-corrected chi connectivity index (χ0v) is 8.49. The summed E-state index contributed by atoms with van der Waals surface area (Å²) >= 11 is 0. The Kier molecular flexibility index (Phi) is 9.13. The summed E-state index contributed by atoms with van der Waals surface area (Å²) in [5.74, 6) is -3.23. The van der Waals surface area contributed by atoms with Gasteiger partial charge in [0.25, 0.3) is 0 Å². The molecule has 0 heterocycles. The third kappa shape index (κ3) is 6.31. The van der Waals surface area contributed by atoms with Crippen LogP contribution in [-0.2, 0) is 48.2 Å². The molecule has 0 spiro atoms. The van der Waals surface area contributed by atoms with Gasteiger partial charge in [0.2, 0.25) is 5.78 Å². The number of Topliss-reactive ketones (excluding diaryl/α,β-unsaturated/α-hetero) is 2. The van der Waals surface area contributed by atoms with Crippen molar-refractivity contribution >= 4 is 30.3 Å². The fourth-order valence-corrected chi connectivity index (χ4v) is 0.526. The Labute approximate surface area is 91.7 Å². The monoisotopic (exact) mass is 289 g/mol. The summed E-state index contributed by atoms with van der Waals surface area (Å²) in [5, 5.41) is 0. The Bertz CT molecular complexity index is 259. The number of ether oxygens (including phenoxy) is 1. The van der Waals surface area contributed by atoms with Gasteiger partial charge in [-0.15, -0.1) is 0 Å². The summed E-state index contributed by atoms with van der Waals surface area (Å²) in [5.41, 5.74) is 0. The van der Waals surface area contributed by atoms with E-state index >= 15 is 0 Å². The van der Waals surface area contributed by atoms with Gasteiger partial charge in [-0.05, 0) is 0 Å². The molecule has 14 heavy (non-hydrogen) atoms.